The van der Waals surface area contributed by atoms with Gasteiger partial charge in [0.05, 0.1) is 22.4 Å². The Hall–Kier alpha value is -1.23. The van der Waals surface area contributed by atoms with E-state index < -0.39 is 0 Å². The largest absolute Gasteiger partial charge is 0.220 e. The van der Waals surface area contributed by atoms with Gasteiger partial charge >= 0.3 is 0 Å². The predicted molar refractivity (Wildman–Crippen MR) is 63.4 cm³/mol. The van der Waals surface area contributed by atoms with Crippen molar-refractivity contribution in [3.63, 3.8) is 0 Å². The lowest BCUT2D eigenvalue weighted by Crippen LogP contribution is -1.96. The molecule has 0 radical (unpaired) electrons. The van der Waals surface area contributed by atoms with Gasteiger partial charge in [-0.2, -0.15) is 0 Å². The third-order valence-corrected chi connectivity index (χ3v) is 2.79. The number of hydrogen-bond donors (Lipinski definition) is 0. The van der Waals surface area contributed by atoms with Gasteiger partial charge < -0.3 is 0 Å². The summed E-state index contributed by atoms with van der Waals surface area (Å²) in [5.41, 5.74) is 2.26. The van der Waals surface area contributed by atoms with Crippen LogP contribution in [0.15, 0.2) is 24.4 Å². The molecule has 0 amide bonds. The molecule has 1 aromatic heterocycles. The topological polar surface area (TPSA) is 30.7 Å². The lowest BCUT2D eigenvalue weighted by Gasteiger charge is -2.02. The molecule has 3 nitrogen and oxygen atoms in total. The van der Waals surface area contributed by atoms with Crippen molar-refractivity contribution in [2.24, 2.45) is 0 Å². The quantitative estimate of drug-likeness (QED) is 0.793. The van der Waals surface area contributed by atoms with Crippen LogP contribution in [0.1, 0.15) is 23.0 Å². The zero-order valence-corrected chi connectivity index (χ0v) is 10.6. The summed E-state index contributed by atoms with van der Waals surface area (Å²) in [5, 5.41) is 8.01. The fourth-order valence-electron chi connectivity index (χ4n) is 1.36. The van der Waals surface area contributed by atoms with Crippen LogP contribution in [-0.4, -0.2) is 15.0 Å². The number of rotatable bonds is 2. The van der Waals surface area contributed by atoms with E-state index in [1.165, 1.54) is 6.07 Å². The molecule has 16 heavy (non-hydrogen) atoms. The van der Waals surface area contributed by atoms with E-state index in [-0.39, 0.29) is 10.6 Å². The maximum Gasteiger partial charge on any atom is 0.126 e. The summed E-state index contributed by atoms with van der Waals surface area (Å²) in [5.74, 6) is -0.210. The molecule has 84 valence electrons. The average molecular weight is 284 g/mol. The van der Waals surface area contributed by atoms with Crippen LogP contribution in [0, 0.1) is 12.7 Å². The monoisotopic (exact) mass is 283 g/mol. The number of aromatic nitrogens is 3. The Bertz CT molecular complexity index is 508. The van der Waals surface area contributed by atoms with Gasteiger partial charge in [-0.15, -0.1) is 5.10 Å². The SMILES string of the molecule is Cc1cc(-n2cc(C(C)Br)nn2)ccc1F. The van der Waals surface area contributed by atoms with Gasteiger partial charge in [-0.3, -0.25) is 0 Å². The van der Waals surface area contributed by atoms with Crippen LogP contribution >= 0.6 is 15.9 Å². The first kappa shape index (κ1) is 11.3. The van der Waals surface area contributed by atoms with E-state index in [9.17, 15) is 4.39 Å². The molecule has 0 fully saturated rings. The van der Waals surface area contributed by atoms with Crippen LogP contribution in [0.3, 0.4) is 0 Å². The van der Waals surface area contributed by atoms with Crippen molar-refractivity contribution in [3.8, 4) is 5.69 Å². The highest BCUT2D eigenvalue weighted by Crippen LogP contribution is 2.20. The van der Waals surface area contributed by atoms with Gasteiger partial charge in [0.25, 0.3) is 0 Å². The summed E-state index contributed by atoms with van der Waals surface area (Å²) in [6.45, 7) is 3.70. The first-order valence-corrected chi connectivity index (χ1v) is 5.82. The third kappa shape index (κ3) is 2.14. The maximum absolute atomic E-state index is 13.1. The van der Waals surface area contributed by atoms with Crippen molar-refractivity contribution in [1.82, 2.24) is 15.0 Å². The summed E-state index contributed by atoms with van der Waals surface area (Å²) in [4.78, 5) is 0.155. The second kappa shape index (κ2) is 4.33. The van der Waals surface area contributed by atoms with E-state index in [2.05, 4.69) is 26.2 Å². The minimum atomic E-state index is -0.210. The first-order valence-electron chi connectivity index (χ1n) is 4.91. The highest BCUT2D eigenvalue weighted by atomic mass is 79.9. The van der Waals surface area contributed by atoms with Crippen molar-refractivity contribution in [2.45, 2.75) is 18.7 Å². The second-order valence-electron chi connectivity index (χ2n) is 3.64. The zero-order chi connectivity index (χ0) is 11.7. The molecule has 0 aliphatic rings. The van der Waals surface area contributed by atoms with Crippen molar-refractivity contribution in [2.75, 3.05) is 0 Å². The van der Waals surface area contributed by atoms with Crippen LogP contribution in [0.4, 0.5) is 4.39 Å². The molecule has 0 aliphatic heterocycles. The lowest BCUT2D eigenvalue weighted by molar-refractivity contribution is 0.617. The number of aryl methyl sites for hydroxylation is 1. The molecule has 1 heterocycles. The van der Waals surface area contributed by atoms with Crippen LogP contribution in [-0.2, 0) is 0 Å². The summed E-state index contributed by atoms with van der Waals surface area (Å²) in [6.07, 6.45) is 1.83. The van der Waals surface area contributed by atoms with Crippen LogP contribution in [0.5, 0.6) is 0 Å². The molecule has 1 aromatic carbocycles. The minimum absolute atomic E-state index is 0.155. The van der Waals surface area contributed by atoms with E-state index in [1.807, 2.05) is 13.1 Å². The second-order valence-corrected chi connectivity index (χ2v) is 5.01. The van der Waals surface area contributed by atoms with E-state index in [1.54, 1.807) is 23.7 Å². The van der Waals surface area contributed by atoms with E-state index in [0.29, 0.717) is 5.56 Å². The molecule has 0 saturated heterocycles. The molecule has 2 aromatic rings. The lowest BCUT2D eigenvalue weighted by atomic mass is 10.2. The standard InChI is InChI=1S/C11H11BrFN3/c1-7-5-9(3-4-10(7)13)16-6-11(8(2)12)14-15-16/h3-6,8H,1-2H3. The number of halogens is 2. The predicted octanol–water partition coefficient (Wildman–Crippen LogP) is 3.17. The normalized spacial score (nSPS) is 12.8. The van der Waals surface area contributed by atoms with Crippen molar-refractivity contribution in [1.29, 1.82) is 0 Å². The summed E-state index contributed by atoms with van der Waals surface area (Å²) in [7, 11) is 0. The Kier molecular flexibility index (Phi) is 3.05. The van der Waals surface area contributed by atoms with Crippen LogP contribution in [0.25, 0.3) is 5.69 Å². The molecule has 1 unspecified atom stereocenters. The molecule has 1 atom stereocenters. The molecule has 0 aliphatic carbocycles. The summed E-state index contributed by atoms with van der Waals surface area (Å²) in [6, 6.07) is 4.86. The molecular formula is C11H11BrFN3. The van der Waals surface area contributed by atoms with Gasteiger partial charge in [-0.1, -0.05) is 21.1 Å². The van der Waals surface area contributed by atoms with Crippen molar-refractivity contribution >= 4 is 15.9 Å². The van der Waals surface area contributed by atoms with Gasteiger partial charge in [0.1, 0.15) is 5.82 Å². The number of nitrogens with zero attached hydrogens (tertiary/aromatic N) is 3. The number of hydrogen-bond acceptors (Lipinski definition) is 2. The Labute approximate surface area is 101 Å². The van der Waals surface area contributed by atoms with Gasteiger partial charge in [0.2, 0.25) is 0 Å². The molecule has 0 N–H and O–H groups in total. The Morgan fingerprint density at radius 3 is 2.75 bits per heavy atom. The van der Waals surface area contributed by atoms with Gasteiger partial charge in [-0.25, -0.2) is 9.07 Å². The fourth-order valence-corrected chi connectivity index (χ4v) is 1.57. The number of alkyl halides is 1. The van der Waals surface area contributed by atoms with Crippen molar-refractivity contribution < 1.29 is 4.39 Å². The molecule has 0 bridgehead atoms. The zero-order valence-electron chi connectivity index (χ0n) is 8.98. The third-order valence-electron chi connectivity index (χ3n) is 2.32. The summed E-state index contributed by atoms with van der Waals surface area (Å²) < 4.78 is 14.7. The smallest absolute Gasteiger partial charge is 0.126 e. The highest BCUT2D eigenvalue weighted by molar-refractivity contribution is 9.09. The molecule has 5 heteroatoms. The highest BCUT2D eigenvalue weighted by Gasteiger charge is 2.08. The Morgan fingerprint density at radius 1 is 1.44 bits per heavy atom. The minimum Gasteiger partial charge on any atom is -0.220 e. The molecule has 0 saturated carbocycles. The Morgan fingerprint density at radius 2 is 2.19 bits per heavy atom. The Balaban J connectivity index is 2.39. The fraction of sp³-hybridized carbons (Fsp3) is 0.273. The van der Waals surface area contributed by atoms with Gasteiger partial charge in [-0.05, 0) is 37.6 Å². The average Bonchev–Trinajstić information content (AvgIpc) is 2.71. The summed E-state index contributed by atoms with van der Waals surface area (Å²) >= 11 is 3.42. The van der Waals surface area contributed by atoms with Gasteiger partial charge in [0.15, 0.2) is 0 Å². The van der Waals surface area contributed by atoms with E-state index >= 15 is 0 Å². The van der Waals surface area contributed by atoms with Crippen LogP contribution < -0.4 is 0 Å². The van der Waals surface area contributed by atoms with Gasteiger partial charge in [0, 0.05) is 0 Å². The van der Waals surface area contributed by atoms with Crippen LogP contribution in [0.2, 0.25) is 0 Å². The van der Waals surface area contributed by atoms with E-state index in [4.69, 9.17) is 0 Å². The first-order chi connectivity index (χ1) is 7.58. The van der Waals surface area contributed by atoms with Crippen molar-refractivity contribution in [3.05, 3.63) is 41.5 Å². The molecule has 2 rings (SSSR count). The van der Waals surface area contributed by atoms with E-state index in [0.717, 1.165) is 11.4 Å². The number of benzene rings is 1. The molecule has 0 spiro atoms. The maximum atomic E-state index is 13.1. The molecular weight excluding hydrogens is 273 g/mol.